The summed E-state index contributed by atoms with van der Waals surface area (Å²) in [6.45, 7) is 5.85. The van der Waals surface area contributed by atoms with Gasteiger partial charge in [-0.1, -0.05) is 34.1 Å². The Morgan fingerprint density at radius 3 is 2.66 bits per heavy atom. The van der Waals surface area contributed by atoms with E-state index in [1.54, 1.807) is 0 Å². The highest BCUT2D eigenvalue weighted by Crippen LogP contribution is 2.30. The molecule has 2 aromatic rings. The van der Waals surface area contributed by atoms with Gasteiger partial charge < -0.3 is 19.3 Å². The van der Waals surface area contributed by atoms with Crippen LogP contribution in [-0.4, -0.2) is 61.5 Å². The molecule has 0 saturated carbocycles. The first-order valence-corrected chi connectivity index (χ1v) is 12.7. The summed E-state index contributed by atoms with van der Waals surface area (Å²) >= 11 is 3.58. The van der Waals surface area contributed by atoms with Crippen molar-refractivity contribution in [2.75, 3.05) is 33.0 Å². The maximum Gasteiger partial charge on any atom is 0.266 e. The topological polar surface area (TPSA) is 101 Å². The lowest BCUT2D eigenvalue weighted by Crippen LogP contribution is -2.53. The number of halogens is 1. The van der Waals surface area contributed by atoms with Gasteiger partial charge in [-0.15, -0.1) is 0 Å². The largest absolute Gasteiger partial charge is 0.494 e. The van der Waals surface area contributed by atoms with E-state index in [1.165, 1.54) is 0 Å². The van der Waals surface area contributed by atoms with Crippen LogP contribution in [0.2, 0.25) is 0 Å². The molecular formula is C26H34BrN3O5. The molecule has 1 amide bonds. The average molecular weight is 548 g/mol. The highest BCUT2D eigenvalue weighted by molar-refractivity contribution is 9.10. The van der Waals surface area contributed by atoms with Crippen molar-refractivity contribution in [2.45, 2.75) is 44.8 Å². The zero-order chi connectivity index (χ0) is 25.1. The molecule has 0 aromatic heterocycles. The van der Waals surface area contributed by atoms with Crippen LogP contribution < -0.4 is 15.6 Å². The van der Waals surface area contributed by atoms with Crippen LogP contribution >= 0.6 is 15.9 Å². The van der Waals surface area contributed by atoms with E-state index in [4.69, 9.17) is 24.3 Å². The van der Waals surface area contributed by atoms with Crippen LogP contribution in [0.4, 0.5) is 0 Å². The number of nitrogens with one attached hydrogen (secondary N) is 2. The Hall–Kier alpha value is -2.46. The third kappa shape index (κ3) is 8.03. The number of carbonyl (C=O) groups excluding carboxylic acids is 1. The molecular weight excluding hydrogens is 514 g/mol. The highest BCUT2D eigenvalue weighted by Gasteiger charge is 2.45. The number of hydrogen-bond acceptors (Lipinski definition) is 7. The van der Waals surface area contributed by atoms with Crippen molar-refractivity contribution in [1.82, 2.24) is 10.9 Å². The summed E-state index contributed by atoms with van der Waals surface area (Å²) in [4.78, 5) is 18.1. The number of aliphatic hydroxyl groups is 1. The molecule has 1 aliphatic rings. The minimum absolute atomic E-state index is 0.0883. The van der Waals surface area contributed by atoms with Crippen molar-refractivity contribution in [1.29, 1.82) is 0 Å². The smallest absolute Gasteiger partial charge is 0.266 e. The van der Waals surface area contributed by atoms with E-state index < -0.39 is 5.54 Å². The lowest BCUT2D eigenvalue weighted by molar-refractivity contribution is -0.127. The van der Waals surface area contributed by atoms with Gasteiger partial charge in [-0.05, 0) is 56.2 Å². The first-order valence-electron chi connectivity index (χ1n) is 11.9. The Bertz CT molecular complexity index is 983. The average Bonchev–Trinajstić information content (AvgIpc) is 3.28. The quantitative estimate of drug-likeness (QED) is 0.247. The normalized spacial score (nSPS) is 17.2. The predicted molar refractivity (Wildman–Crippen MR) is 139 cm³/mol. The van der Waals surface area contributed by atoms with E-state index >= 15 is 0 Å². The maximum absolute atomic E-state index is 13.4. The molecule has 1 atom stereocenters. The molecule has 0 unspecified atom stereocenters. The molecule has 3 rings (SSSR count). The van der Waals surface area contributed by atoms with Gasteiger partial charge in [0, 0.05) is 42.6 Å². The van der Waals surface area contributed by atoms with E-state index in [0.717, 1.165) is 22.0 Å². The van der Waals surface area contributed by atoms with E-state index in [1.807, 2.05) is 62.4 Å². The third-order valence-electron chi connectivity index (χ3n) is 5.40. The van der Waals surface area contributed by atoms with Crippen LogP contribution in [0.1, 0.15) is 37.8 Å². The van der Waals surface area contributed by atoms with Crippen LogP contribution in [0.15, 0.2) is 58.0 Å². The fraction of sp³-hybridized carbons (Fsp3) is 0.462. The molecule has 2 aromatic carbocycles. The summed E-state index contributed by atoms with van der Waals surface area (Å²) in [7, 11) is 0. The number of hydrazine groups is 1. The zero-order valence-electron chi connectivity index (χ0n) is 20.3. The van der Waals surface area contributed by atoms with Crippen LogP contribution in [-0.2, 0) is 20.7 Å². The van der Waals surface area contributed by atoms with Crippen molar-refractivity contribution >= 4 is 27.7 Å². The van der Waals surface area contributed by atoms with Gasteiger partial charge in [0.15, 0.2) is 5.54 Å². The molecule has 1 aliphatic heterocycles. The van der Waals surface area contributed by atoms with Crippen molar-refractivity contribution < 1.29 is 24.1 Å². The van der Waals surface area contributed by atoms with Gasteiger partial charge in [0.05, 0.1) is 12.7 Å². The van der Waals surface area contributed by atoms with Gasteiger partial charge in [-0.3, -0.25) is 10.2 Å². The van der Waals surface area contributed by atoms with E-state index in [9.17, 15) is 4.79 Å². The Morgan fingerprint density at radius 1 is 1.17 bits per heavy atom. The fourth-order valence-corrected chi connectivity index (χ4v) is 3.95. The maximum atomic E-state index is 13.4. The zero-order valence-corrected chi connectivity index (χ0v) is 21.8. The molecule has 1 heterocycles. The second kappa shape index (κ2) is 13.6. The van der Waals surface area contributed by atoms with Crippen LogP contribution in [0.25, 0.3) is 0 Å². The summed E-state index contributed by atoms with van der Waals surface area (Å²) < 4.78 is 18.0. The standard InChI is InChI=1S/C26H34BrN3O5/c1-19(2)33-15-5-13-28-30-25(32)26(17-21-7-3-4-8-23(21)27)18-35-24(29-26)20-9-11-22(12-10-20)34-16-6-14-31/h3-4,7-12,19,28,31H,5-6,13-18H2,1-2H3,(H,30,32)/t26-/m0/s1. The second-order valence-electron chi connectivity index (χ2n) is 8.61. The first kappa shape index (κ1) is 27.1. The van der Waals surface area contributed by atoms with E-state index in [-0.39, 0.29) is 25.2 Å². The van der Waals surface area contributed by atoms with Gasteiger partial charge >= 0.3 is 0 Å². The third-order valence-corrected chi connectivity index (χ3v) is 6.17. The minimum Gasteiger partial charge on any atom is -0.494 e. The van der Waals surface area contributed by atoms with Gasteiger partial charge in [-0.2, -0.15) is 0 Å². The van der Waals surface area contributed by atoms with Gasteiger partial charge in [0.2, 0.25) is 5.90 Å². The van der Waals surface area contributed by atoms with E-state index in [2.05, 4.69) is 26.8 Å². The molecule has 0 fully saturated rings. The summed E-state index contributed by atoms with van der Waals surface area (Å²) in [5, 5.41) is 8.90. The molecule has 3 N–H and O–H groups in total. The number of aliphatic hydroxyl groups excluding tert-OH is 1. The summed E-state index contributed by atoms with van der Waals surface area (Å²) in [6, 6.07) is 15.2. The second-order valence-corrected chi connectivity index (χ2v) is 9.46. The number of ether oxygens (including phenoxy) is 3. The van der Waals surface area contributed by atoms with Crippen LogP contribution in [0.3, 0.4) is 0 Å². The number of carbonyl (C=O) groups is 1. The van der Waals surface area contributed by atoms with Crippen molar-refractivity contribution in [2.24, 2.45) is 4.99 Å². The molecule has 0 aliphatic carbocycles. The summed E-state index contributed by atoms with van der Waals surface area (Å²) in [6.07, 6.45) is 1.91. The fourth-order valence-electron chi connectivity index (χ4n) is 3.53. The van der Waals surface area contributed by atoms with Crippen molar-refractivity contribution in [3.63, 3.8) is 0 Å². The Labute approximate surface area is 215 Å². The van der Waals surface area contributed by atoms with E-state index in [0.29, 0.717) is 44.2 Å². The molecule has 190 valence electrons. The highest BCUT2D eigenvalue weighted by atomic mass is 79.9. The molecule has 8 nitrogen and oxygen atoms in total. The lowest BCUT2D eigenvalue weighted by Gasteiger charge is -2.24. The summed E-state index contributed by atoms with van der Waals surface area (Å²) in [5.74, 6) is 0.861. The SMILES string of the molecule is CC(C)OCCCNNC(=O)[C@]1(Cc2ccccc2Br)COC(c2ccc(OCCCO)cc2)=N1. The predicted octanol–water partition coefficient (Wildman–Crippen LogP) is 3.40. The number of aliphatic imine (C=N–C) groups is 1. The van der Waals surface area contributed by atoms with Gasteiger partial charge in [-0.25, -0.2) is 10.4 Å². The van der Waals surface area contributed by atoms with Gasteiger partial charge in [0.1, 0.15) is 12.4 Å². The minimum atomic E-state index is -1.11. The number of hydrogen-bond donors (Lipinski definition) is 3. The monoisotopic (exact) mass is 547 g/mol. The van der Waals surface area contributed by atoms with Gasteiger partial charge in [0.25, 0.3) is 5.91 Å². The van der Waals surface area contributed by atoms with Crippen LogP contribution in [0, 0.1) is 0 Å². The Morgan fingerprint density at radius 2 is 1.94 bits per heavy atom. The number of amides is 1. The Kier molecular flexibility index (Phi) is 10.5. The number of benzene rings is 2. The molecule has 9 heteroatoms. The molecule has 0 radical (unpaired) electrons. The number of nitrogens with zero attached hydrogens (tertiary/aromatic N) is 1. The first-order chi connectivity index (χ1) is 16.9. The molecule has 35 heavy (non-hydrogen) atoms. The molecule has 0 bridgehead atoms. The number of rotatable bonds is 14. The lowest BCUT2D eigenvalue weighted by atomic mass is 9.91. The van der Waals surface area contributed by atoms with Crippen molar-refractivity contribution in [3.8, 4) is 5.75 Å². The Balaban J connectivity index is 1.72. The van der Waals surface area contributed by atoms with Crippen molar-refractivity contribution in [3.05, 3.63) is 64.1 Å². The summed E-state index contributed by atoms with van der Waals surface area (Å²) in [5.41, 5.74) is 6.43. The molecule has 0 saturated heterocycles. The van der Waals surface area contributed by atoms with Crippen LogP contribution in [0.5, 0.6) is 5.75 Å². The molecule has 0 spiro atoms.